The second-order valence-electron chi connectivity index (χ2n) is 4.23. The fraction of sp³-hybridized carbons (Fsp3) is 0.600. The molecule has 0 aliphatic heterocycles. The Bertz CT molecular complexity index is 349. The standard InChI is InChI=1S/C10H15BrN2OS/c1-7-13-8(4-15-7)9(14)12-6-10(2,3)5-11/h4H,5-6H2,1-3H3,(H,12,14). The van der Waals surface area contributed by atoms with E-state index < -0.39 is 0 Å². The average molecular weight is 291 g/mol. The molecule has 3 nitrogen and oxygen atoms in total. The summed E-state index contributed by atoms with van der Waals surface area (Å²) in [5.74, 6) is -0.0895. The van der Waals surface area contributed by atoms with Crippen LogP contribution >= 0.6 is 27.3 Å². The molecule has 1 aromatic rings. The van der Waals surface area contributed by atoms with Crippen LogP contribution in [0, 0.1) is 12.3 Å². The number of aryl methyl sites for hydroxylation is 1. The summed E-state index contributed by atoms with van der Waals surface area (Å²) >= 11 is 4.91. The summed E-state index contributed by atoms with van der Waals surface area (Å²) in [4.78, 5) is 15.8. The van der Waals surface area contributed by atoms with Crippen LogP contribution in [0.3, 0.4) is 0 Å². The molecule has 0 aliphatic rings. The molecule has 15 heavy (non-hydrogen) atoms. The molecule has 0 fully saturated rings. The maximum atomic E-state index is 11.6. The van der Waals surface area contributed by atoms with Gasteiger partial charge in [0, 0.05) is 17.3 Å². The zero-order valence-electron chi connectivity index (χ0n) is 9.13. The Kier molecular flexibility index (Phi) is 4.28. The van der Waals surface area contributed by atoms with E-state index in [-0.39, 0.29) is 11.3 Å². The van der Waals surface area contributed by atoms with Crippen LogP contribution in [0.25, 0.3) is 0 Å². The largest absolute Gasteiger partial charge is 0.350 e. The van der Waals surface area contributed by atoms with Crippen molar-refractivity contribution in [2.24, 2.45) is 5.41 Å². The number of amides is 1. The van der Waals surface area contributed by atoms with Crippen molar-refractivity contribution in [3.63, 3.8) is 0 Å². The summed E-state index contributed by atoms with van der Waals surface area (Å²) in [5.41, 5.74) is 0.587. The first kappa shape index (κ1) is 12.6. The Morgan fingerprint density at radius 2 is 2.33 bits per heavy atom. The van der Waals surface area contributed by atoms with Crippen LogP contribution in [0.1, 0.15) is 29.3 Å². The van der Waals surface area contributed by atoms with E-state index in [1.807, 2.05) is 6.92 Å². The van der Waals surface area contributed by atoms with Crippen LogP contribution in [0.15, 0.2) is 5.38 Å². The van der Waals surface area contributed by atoms with Crippen LogP contribution < -0.4 is 5.32 Å². The molecule has 84 valence electrons. The fourth-order valence-corrected chi connectivity index (χ4v) is 1.72. The number of rotatable bonds is 4. The zero-order valence-corrected chi connectivity index (χ0v) is 11.5. The van der Waals surface area contributed by atoms with Gasteiger partial charge in [-0.15, -0.1) is 11.3 Å². The lowest BCUT2D eigenvalue weighted by Gasteiger charge is -2.21. The minimum absolute atomic E-state index is 0.0702. The van der Waals surface area contributed by atoms with Gasteiger partial charge in [-0.05, 0) is 12.3 Å². The number of hydrogen-bond acceptors (Lipinski definition) is 3. The summed E-state index contributed by atoms with van der Waals surface area (Å²) in [7, 11) is 0. The van der Waals surface area contributed by atoms with E-state index in [2.05, 4.69) is 40.1 Å². The molecule has 1 N–H and O–H groups in total. The van der Waals surface area contributed by atoms with Crippen LogP contribution in [-0.2, 0) is 0 Å². The Hall–Kier alpha value is -0.420. The van der Waals surface area contributed by atoms with E-state index in [4.69, 9.17) is 0 Å². The second-order valence-corrected chi connectivity index (χ2v) is 5.86. The number of thiazole rings is 1. The van der Waals surface area contributed by atoms with E-state index >= 15 is 0 Å². The van der Waals surface area contributed by atoms with Gasteiger partial charge in [-0.1, -0.05) is 29.8 Å². The predicted octanol–water partition coefficient (Wildman–Crippen LogP) is 2.60. The molecule has 1 aromatic heterocycles. The molecule has 0 atom stereocenters. The highest BCUT2D eigenvalue weighted by Gasteiger charge is 2.18. The van der Waals surface area contributed by atoms with Gasteiger partial charge in [0.2, 0.25) is 0 Å². The Morgan fingerprint density at radius 1 is 1.67 bits per heavy atom. The summed E-state index contributed by atoms with van der Waals surface area (Å²) in [5, 5.41) is 6.44. The van der Waals surface area contributed by atoms with E-state index in [0.717, 1.165) is 10.3 Å². The quantitative estimate of drug-likeness (QED) is 0.866. The van der Waals surface area contributed by atoms with Crippen molar-refractivity contribution >= 4 is 33.2 Å². The number of carbonyl (C=O) groups excluding carboxylic acids is 1. The monoisotopic (exact) mass is 290 g/mol. The van der Waals surface area contributed by atoms with Gasteiger partial charge in [0.15, 0.2) is 0 Å². The fourth-order valence-electron chi connectivity index (χ4n) is 0.925. The minimum Gasteiger partial charge on any atom is -0.350 e. The highest BCUT2D eigenvalue weighted by molar-refractivity contribution is 9.09. The van der Waals surface area contributed by atoms with Crippen molar-refractivity contribution in [3.8, 4) is 0 Å². The molecule has 0 radical (unpaired) electrons. The highest BCUT2D eigenvalue weighted by Crippen LogP contribution is 2.16. The molecule has 1 heterocycles. The number of hydrogen-bond donors (Lipinski definition) is 1. The van der Waals surface area contributed by atoms with Gasteiger partial charge in [0.25, 0.3) is 5.91 Å². The van der Waals surface area contributed by atoms with Gasteiger partial charge >= 0.3 is 0 Å². The molecule has 0 saturated heterocycles. The van der Waals surface area contributed by atoms with Crippen molar-refractivity contribution in [3.05, 3.63) is 16.1 Å². The van der Waals surface area contributed by atoms with Crippen LogP contribution in [0.4, 0.5) is 0 Å². The summed E-state index contributed by atoms with van der Waals surface area (Å²) < 4.78 is 0. The third-order valence-electron chi connectivity index (χ3n) is 1.94. The van der Waals surface area contributed by atoms with Gasteiger partial charge in [0.05, 0.1) is 5.01 Å². The first-order valence-corrected chi connectivity index (χ1v) is 6.71. The molecular weight excluding hydrogens is 276 g/mol. The molecule has 0 aromatic carbocycles. The van der Waals surface area contributed by atoms with Crippen molar-refractivity contribution in [2.75, 3.05) is 11.9 Å². The lowest BCUT2D eigenvalue weighted by Crippen LogP contribution is -2.35. The lowest BCUT2D eigenvalue weighted by atomic mass is 9.97. The molecular formula is C10H15BrN2OS. The van der Waals surface area contributed by atoms with Crippen LogP contribution in [0.5, 0.6) is 0 Å². The number of alkyl halides is 1. The normalized spacial score (nSPS) is 11.5. The molecule has 0 bridgehead atoms. The van der Waals surface area contributed by atoms with Crippen molar-refractivity contribution in [1.29, 1.82) is 0 Å². The van der Waals surface area contributed by atoms with E-state index in [9.17, 15) is 4.79 Å². The summed E-state index contributed by atoms with van der Waals surface area (Å²) in [6.45, 7) is 6.72. The van der Waals surface area contributed by atoms with Gasteiger partial charge in [0.1, 0.15) is 5.69 Å². The first-order chi connectivity index (χ1) is 6.94. The predicted molar refractivity (Wildman–Crippen MR) is 66.8 cm³/mol. The molecule has 0 unspecified atom stereocenters. The average Bonchev–Trinajstić information content (AvgIpc) is 2.61. The van der Waals surface area contributed by atoms with Gasteiger partial charge in [-0.25, -0.2) is 4.98 Å². The van der Waals surface area contributed by atoms with Crippen LogP contribution in [0.2, 0.25) is 0 Å². The van der Waals surface area contributed by atoms with Gasteiger partial charge in [-0.3, -0.25) is 4.79 Å². The molecule has 1 amide bonds. The van der Waals surface area contributed by atoms with Crippen LogP contribution in [-0.4, -0.2) is 22.8 Å². The summed E-state index contributed by atoms with van der Waals surface area (Å²) in [6, 6.07) is 0. The van der Waals surface area contributed by atoms with Gasteiger partial charge in [-0.2, -0.15) is 0 Å². The Morgan fingerprint density at radius 3 is 2.80 bits per heavy atom. The topological polar surface area (TPSA) is 42.0 Å². The number of nitrogens with zero attached hydrogens (tertiary/aromatic N) is 1. The van der Waals surface area contributed by atoms with E-state index in [0.29, 0.717) is 12.2 Å². The highest BCUT2D eigenvalue weighted by atomic mass is 79.9. The number of carbonyl (C=O) groups is 1. The lowest BCUT2D eigenvalue weighted by molar-refractivity contribution is 0.0935. The third-order valence-corrected chi connectivity index (χ3v) is 4.23. The van der Waals surface area contributed by atoms with Crippen molar-refractivity contribution in [1.82, 2.24) is 10.3 Å². The number of halogens is 1. The number of aromatic nitrogens is 1. The molecule has 0 aliphatic carbocycles. The Balaban J connectivity index is 2.50. The molecule has 0 saturated carbocycles. The van der Waals surface area contributed by atoms with Gasteiger partial charge < -0.3 is 5.32 Å². The van der Waals surface area contributed by atoms with E-state index in [1.165, 1.54) is 11.3 Å². The maximum absolute atomic E-state index is 11.6. The molecule has 5 heteroatoms. The maximum Gasteiger partial charge on any atom is 0.270 e. The molecule has 0 spiro atoms. The van der Waals surface area contributed by atoms with E-state index in [1.54, 1.807) is 5.38 Å². The third kappa shape index (κ3) is 3.91. The molecule has 1 rings (SSSR count). The second kappa shape index (κ2) is 5.07. The first-order valence-electron chi connectivity index (χ1n) is 4.71. The smallest absolute Gasteiger partial charge is 0.270 e. The minimum atomic E-state index is -0.0895. The zero-order chi connectivity index (χ0) is 11.5. The SMILES string of the molecule is Cc1nc(C(=O)NCC(C)(C)CBr)cs1. The summed E-state index contributed by atoms with van der Waals surface area (Å²) in [6.07, 6.45) is 0. The number of nitrogens with one attached hydrogen (secondary N) is 1. The Labute approximate surface area is 102 Å². The van der Waals surface area contributed by atoms with Crippen molar-refractivity contribution < 1.29 is 4.79 Å². The van der Waals surface area contributed by atoms with Crippen molar-refractivity contribution in [2.45, 2.75) is 20.8 Å².